The molecule has 1 amide bonds. The second-order valence-corrected chi connectivity index (χ2v) is 7.35. The number of carbonyl (C=O) groups excluding carboxylic acids is 1. The molecule has 1 aromatic carbocycles. The fourth-order valence-corrected chi connectivity index (χ4v) is 3.67. The second kappa shape index (κ2) is 7.46. The maximum atomic E-state index is 12.7. The average molecular weight is 380 g/mol. The molecule has 4 rings (SSSR count). The number of fused-ring (bicyclic) bond motifs is 1. The van der Waals surface area contributed by atoms with Crippen LogP contribution >= 0.6 is 0 Å². The number of hydrogen-bond acceptors (Lipinski definition) is 5. The maximum absolute atomic E-state index is 12.7. The Morgan fingerprint density at radius 3 is 2.82 bits per heavy atom. The molecular formula is C20H24N6O2. The lowest BCUT2D eigenvalue weighted by Crippen LogP contribution is -2.44. The summed E-state index contributed by atoms with van der Waals surface area (Å²) < 4.78 is 2.92. The van der Waals surface area contributed by atoms with Gasteiger partial charge in [0, 0.05) is 31.9 Å². The van der Waals surface area contributed by atoms with Crippen molar-refractivity contribution in [3.8, 4) is 0 Å². The minimum absolute atomic E-state index is 0.00659. The summed E-state index contributed by atoms with van der Waals surface area (Å²) in [5, 5.41) is 8.03. The lowest BCUT2D eigenvalue weighted by Gasteiger charge is -2.33. The first kappa shape index (κ1) is 18.2. The molecule has 8 heteroatoms. The van der Waals surface area contributed by atoms with Gasteiger partial charge >= 0.3 is 0 Å². The van der Waals surface area contributed by atoms with Gasteiger partial charge in [-0.25, -0.2) is 4.98 Å². The zero-order valence-corrected chi connectivity index (χ0v) is 16.1. The van der Waals surface area contributed by atoms with Crippen molar-refractivity contribution in [2.24, 2.45) is 7.05 Å². The van der Waals surface area contributed by atoms with E-state index in [-0.39, 0.29) is 18.0 Å². The molecule has 0 unspecified atom stereocenters. The quantitative estimate of drug-likeness (QED) is 0.742. The minimum atomic E-state index is -0.234. The molecule has 2 aromatic heterocycles. The van der Waals surface area contributed by atoms with Crippen LogP contribution in [-0.4, -0.2) is 49.3 Å². The molecule has 0 bridgehead atoms. The normalized spacial score (nSPS) is 15.1. The maximum Gasteiger partial charge on any atom is 0.264 e. The molecule has 146 valence electrons. The number of nitrogens with zero attached hydrogens (tertiary/aromatic N) is 5. The number of rotatable bonds is 4. The van der Waals surface area contributed by atoms with Gasteiger partial charge in [0.2, 0.25) is 5.91 Å². The Morgan fingerprint density at radius 2 is 2.07 bits per heavy atom. The van der Waals surface area contributed by atoms with E-state index in [1.54, 1.807) is 11.7 Å². The lowest BCUT2D eigenvalue weighted by molar-refractivity contribution is -0.132. The van der Waals surface area contributed by atoms with E-state index in [0.717, 1.165) is 18.5 Å². The van der Waals surface area contributed by atoms with Gasteiger partial charge < -0.3 is 10.2 Å². The predicted octanol–water partition coefficient (Wildman–Crippen LogP) is 1.54. The number of hydrogen-bond donors (Lipinski definition) is 1. The van der Waals surface area contributed by atoms with Crippen LogP contribution in [0, 0.1) is 6.92 Å². The van der Waals surface area contributed by atoms with E-state index in [2.05, 4.69) is 40.5 Å². The molecule has 0 radical (unpaired) electrons. The molecule has 1 aliphatic heterocycles. The van der Waals surface area contributed by atoms with Crippen molar-refractivity contribution in [3.63, 3.8) is 0 Å². The molecule has 0 atom stereocenters. The Hall–Kier alpha value is -3.16. The van der Waals surface area contributed by atoms with Crippen LogP contribution in [0.2, 0.25) is 0 Å². The number of likely N-dealkylation sites (tertiary alicyclic amines) is 1. The predicted molar refractivity (Wildman–Crippen MR) is 107 cm³/mol. The van der Waals surface area contributed by atoms with Gasteiger partial charge in [-0.2, -0.15) is 5.10 Å². The summed E-state index contributed by atoms with van der Waals surface area (Å²) in [5.41, 5.74) is 2.63. The van der Waals surface area contributed by atoms with Crippen LogP contribution in [0.3, 0.4) is 0 Å². The second-order valence-electron chi connectivity index (χ2n) is 7.35. The monoisotopic (exact) mass is 380 g/mol. The first-order chi connectivity index (χ1) is 13.5. The van der Waals surface area contributed by atoms with Gasteiger partial charge in [0.25, 0.3) is 5.56 Å². The van der Waals surface area contributed by atoms with Gasteiger partial charge in [0.15, 0.2) is 5.65 Å². The van der Waals surface area contributed by atoms with Gasteiger partial charge in [-0.3, -0.25) is 18.8 Å². The Labute approximate surface area is 162 Å². The van der Waals surface area contributed by atoms with Gasteiger partial charge in [-0.1, -0.05) is 12.1 Å². The summed E-state index contributed by atoms with van der Waals surface area (Å²) in [7, 11) is 1.74. The van der Waals surface area contributed by atoms with Gasteiger partial charge in [-0.05, 0) is 37.5 Å². The van der Waals surface area contributed by atoms with E-state index in [9.17, 15) is 9.59 Å². The topological polar surface area (TPSA) is 85.1 Å². The Bertz CT molecular complexity index is 1060. The molecule has 0 saturated carbocycles. The fraction of sp³-hybridized carbons (Fsp3) is 0.400. The Kier molecular flexibility index (Phi) is 4.85. The summed E-state index contributed by atoms with van der Waals surface area (Å²) in [6, 6.07) is 8.67. The molecule has 1 saturated heterocycles. The zero-order chi connectivity index (χ0) is 19.7. The van der Waals surface area contributed by atoms with Crippen molar-refractivity contribution in [1.29, 1.82) is 0 Å². The van der Waals surface area contributed by atoms with Crippen LogP contribution in [0.5, 0.6) is 0 Å². The summed E-state index contributed by atoms with van der Waals surface area (Å²) >= 11 is 0. The first-order valence-electron chi connectivity index (χ1n) is 9.49. The molecule has 28 heavy (non-hydrogen) atoms. The lowest BCUT2D eigenvalue weighted by atomic mass is 10.0. The highest BCUT2D eigenvalue weighted by Gasteiger charge is 2.23. The van der Waals surface area contributed by atoms with E-state index in [4.69, 9.17) is 0 Å². The third-order valence-electron chi connectivity index (χ3n) is 5.26. The number of carbonyl (C=O) groups is 1. The highest BCUT2D eigenvalue weighted by Crippen LogP contribution is 2.18. The number of amides is 1. The average Bonchev–Trinajstić information content (AvgIpc) is 3.06. The third-order valence-corrected chi connectivity index (χ3v) is 5.26. The van der Waals surface area contributed by atoms with E-state index in [0.29, 0.717) is 30.2 Å². The van der Waals surface area contributed by atoms with Crippen molar-refractivity contribution in [2.45, 2.75) is 32.4 Å². The smallest absolute Gasteiger partial charge is 0.264 e. The van der Waals surface area contributed by atoms with Crippen LogP contribution in [0.25, 0.3) is 11.0 Å². The minimum Gasteiger partial charge on any atom is -0.382 e. The van der Waals surface area contributed by atoms with Crippen molar-refractivity contribution >= 4 is 22.6 Å². The summed E-state index contributed by atoms with van der Waals surface area (Å²) in [6.07, 6.45) is 4.69. The van der Waals surface area contributed by atoms with Crippen LogP contribution in [-0.2, 0) is 18.4 Å². The van der Waals surface area contributed by atoms with Crippen LogP contribution in [0.1, 0.15) is 18.4 Å². The molecule has 0 aliphatic carbocycles. The standard InChI is InChI=1S/C20H24N6O2/c1-14-4-3-5-16(10-14)23-15-6-8-25(9-7-15)18(27)12-26-13-21-19-17(20(26)28)11-22-24(19)2/h3-5,10-11,13,15,23H,6-9,12H2,1-2H3. The molecule has 3 heterocycles. The molecule has 1 N–H and O–H groups in total. The molecular weight excluding hydrogens is 356 g/mol. The molecule has 1 fully saturated rings. The third kappa shape index (κ3) is 3.62. The molecule has 3 aromatic rings. The number of anilines is 1. The SMILES string of the molecule is Cc1cccc(NC2CCN(C(=O)Cn3cnc4c(cnn4C)c3=O)CC2)c1. The molecule has 8 nitrogen and oxygen atoms in total. The Balaban J connectivity index is 1.37. The number of nitrogens with one attached hydrogen (secondary N) is 1. The van der Waals surface area contributed by atoms with Crippen molar-refractivity contribution < 1.29 is 4.79 Å². The largest absolute Gasteiger partial charge is 0.382 e. The van der Waals surface area contributed by atoms with Crippen molar-refractivity contribution in [3.05, 3.63) is 52.7 Å². The highest BCUT2D eigenvalue weighted by molar-refractivity contribution is 5.77. The number of benzene rings is 1. The van der Waals surface area contributed by atoms with Crippen molar-refractivity contribution in [1.82, 2.24) is 24.2 Å². The Morgan fingerprint density at radius 1 is 1.29 bits per heavy atom. The summed E-state index contributed by atoms with van der Waals surface area (Å²) in [5.74, 6) is -0.0545. The molecule has 0 spiro atoms. The number of piperidine rings is 1. The summed E-state index contributed by atoms with van der Waals surface area (Å²) in [4.78, 5) is 31.3. The highest BCUT2D eigenvalue weighted by atomic mass is 16.2. The van der Waals surface area contributed by atoms with Gasteiger partial charge in [-0.15, -0.1) is 0 Å². The van der Waals surface area contributed by atoms with E-state index >= 15 is 0 Å². The summed E-state index contributed by atoms with van der Waals surface area (Å²) in [6.45, 7) is 3.44. The van der Waals surface area contributed by atoms with E-state index in [1.807, 2.05) is 11.0 Å². The number of aromatic nitrogens is 4. The van der Waals surface area contributed by atoms with Crippen LogP contribution in [0.4, 0.5) is 5.69 Å². The van der Waals surface area contributed by atoms with Gasteiger partial charge in [0.1, 0.15) is 18.3 Å². The van der Waals surface area contributed by atoms with Crippen LogP contribution < -0.4 is 10.9 Å². The zero-order valence-electron chi connectivity index (χ0n) is 16.1. The fourth-order valence-electron chi connectivity index (χ4n) is 3.67. The van der Waals surface area contributed by atoms with Gasteiger partial charge in [0.05, 0.1) is 6.20 Å². The first-order valence-corrected chi connectivity index (χ1v) is 9.49. The van der Waals surface area contributed by atoms with Crippen LogP contribution in [0.15, 0.2) is 41.6 Å². The van der Waals surface area contributed by atoms with E-state index < -0.39 is 0 Å². The van der Waals surface area contributed by atoms with E-state index in [1.165, 1.54) is 22.7 Å². The molecule has 1 aliphatic rings. The van der Waals surface area contributed by atoms with Crippen molar-refractivity contribution in [2.75, 3.05) is 18.4 Å². The number of aryl methyl sites for hydroxylation is 2.